The molecule has 0 saturated carbocycles. The molecule has 1 saturated heterocycles. The molecular formula is C16H16O6S2. The number of allylic oxidation sites excluding steroid dienone is 2. The first-order valence-corrected chi connectivity index (χ1v) is 9.37. The van der Waals surface area contributed by atoms with Crippen molar-refractivity contribution in [3.05, 3.63) is 23.3 Å². The fourth-order valence-corrected chi connectivity index (χ4v) is 7.00. The zero-order valence-electron chi connectivity index (χ0n) is 13.2. The Labute approximate surface area is 147 Å². The number of ether oxygens (including phenoxy) is 2. The van der Waals surface area contributed by atoms with E-state index in [4.69, 9.17) is 9.47 Å². The highest BCUT2D eigenvalue weighted by molar-refractivity contribution is 8.21. The molecule has 0 bridgehead atoms. The molecule has 1 spiro atoms. The molecule has 128 valence electrons. The van der Waals surface area contributed by atoms with Crippen molar-refractivity contribution < 1.29 is 28.7 Å². The van der Waals surface area contributed by atoms with Crippen LogP contribution in [0, 0.1) is 0 Å². The summed E-state index contributed by atoms with van der Waals surface area (Å²) < 4.78 is 9.49. The highest BCUT2D eigenvalue weighted by Gasteiger charge is 2.60. The lowest BCUT2D eigenvalue weighted by Crippen LogP contribution is -2.53. The van der Waals surface area contributed by atoms with Gasteiger partial charge in [-0.05, 0) is 12.2 Å². The van der Waals surface area contributed by atoms with Crippen LogP contribution in [0.15, 0.2) is 23.3 Å². The van der Waals surface area contributed by atoms with Crippen LogP contribution in [-0.4, -0.2) is 51.8 Å². The molecule has 1 aliphatic heterocycles. The van der Waals surface area contributed by atoms with Gasteiger partial charge in [-0.25, -0.2) is 4.79 Å². The first kappa shape index (κ1) is 17.3. The molecule has 8 heteroatoms. The lowest BCUT2D eigenvalue weighted by Gasteiger charge is -2.44. The van der Waals surface area contributed by atoms with Gasteiger partial charge in [0.1, 0.15) is 0 Å². The molecule has 0 aromatic carbocycles. The van der Waals surface area contributed by atoms with Gasteiger partial charge in [0.25, 0.3) is 0 Å². The van der Waals surface area contributed by atoms with Crippen LogP contribution >= 0.6 is 23.5 Å². The monoisotopic (exact) mass is 368 g/mol. The second-order valence-electron chi connectivity index (χ2n) is 5.80. The Morgan fingerprint density at radius 1 is 1.12 bits per heavy atom. The molecule has 1 fully saturated rings. The molecular weight excluding hydrogens is 352 g/mol. The molecule has 1 unspecified atom stereocenters. The van der Waals surface area contributed by atoms with Crippen LogP contribution in [0.2, 0.25) is 0 Å². The average molecular weight is 368 g/mol. The van der Waals surface area contributed by atoms with Crippen molar-refractivity contribution in [3.63, 3.8) is 0 Å². The van der Waals surface area contributed by atoms with Crippen molar-refractivity contribution in [2.75, 3.05) is 18.6 Å². The van der Waals surface area contributed by atoms with E-state index in [0.29, 0.717) is 5.57 Å². The molecule has 0 aromatic rings. The number of hydrogen-bond donors (Lipinski definition) is 0. The molecule has 3 rings (SSSR count). The van der Waals surface area contributed by atoms with Gasteiger partial charge in [0.2, 0.25) is 5.60 Å². The summed E-state index contributed by atoms with van der Waals surface area (Å²) in [6, 6.07) is 0. The second kappa shape index (κ2) is 6.07. The topological polar surface area (TPSA) is 86.7 Å². The van der Waals surface area contributed by atoms with Gasteiger partial charge in [-0.2, -0.15) is 0 Å². The summed E-state index contributed by atoms with van der Waals surface area (Å²) in [4.78, 5) is 48.9. The SMILES string of the molecule is COC(=O)C1(OC(C)=O)CC2=C(C(=O)C=CC2=O)C2(C1)SCCS2. The summed E-state index contributed by atoms with van der Waals surface area (Å²) in [6.45, 7) is 1.21. The van der Waals surface area contributed by atoms with E-state index in [2.05, 4.69) is 0 Å². The minimum atomic E-state index is -1.58. The van der Waals surface area contributed by atoms with Crippen molar-refractivity contribution in [2.24, 2.45) is 0 Å². The number of fused-ring (bicyclic) bond motifs is 1. The number of thioether (sulfide) groups is 2. The number of carbonyl (C=O) groups excluding carboxylic acids is 4. The average Bonchev–Trinajstić information content (AvgIpc) is 2.97. The van der Waals surface area contributed by atoms with Crippen molar-refractivity contribution >= 4 is 47.0 Å². The number of rotatable bonds is 2. The summed E-state index contributed by atoms with van der Waals surface area (Å²) in [5, 5.41) is 0. The Morgan fingerprint density at radius 3 is 2.33 bits per heavy atom. The standard InChI is InChI=1S/C16H16O6S2/c1-9(17)22-15(14(20)21-2)7-10-11(18)3-4-12(19)13(10)16(8-15)23-5-6-24-16/h3-4H,5-8H2,1-2H3. The van der Waals surface area contributed by atoms with Crippen LogP contribution in [0.4, 0.5) is 0 Å². The van der Waals surface area contributed by atoms with E-state index in [0.717, 1.165) is 11.5 Å². The Morgan fingerprint density at radius 2 is 1.75 bits per heavy atom. The third-order valence-electron chi connectivity index (χ3n) is 4.24. The molecule has 3 aliphatic rings. The van der Waals surface area contributed by atoms with E-state index in [-0.39, 0.29) is 30.0 Å². The predicted molar refractivity (Wildman–Crippen MR) is 89.6 cm³/mol. The third kappa shape index (κ3) is 2.61. The Hall–Kier alpha value is -1.54. The molecule has 0 N–H and O–H groups in total. The highest BCUT2D eigenvalue weighted by atomic mass is 32.2. The summed E-state index contributed by atoms with van der Waals surface area (Å²) in [6.07, 6.45) is 2.47. The summed E-state index contributed by atoms with van der Waals surface area (Å²) in [5.74, 6) is -0.303. The van der Waals surface area contributed by atoms with Crippen molar-refractivity contribution in [1.82, 2.24) is 0 Å². The van der Waals surface area contributed by atoms with E-state index in [1.54, 1.807) is 0 Å². The number of hydrogen-bond acceptors (Lipinski definition) is 8. The molecule has 0 amide bonds. The van der Waals surface area contributed by atoms with Gasteiger partial charge < -0.3 is 9.47 Å². The number of carbonyl (C=O) groups is 4. The van der Waals surface area contributed by atoms with Crippen molar-refractivity contribution in [3.8, 4) is 0 Å². The zero-order chi connectivity index (χ0) is 17.5. The van der Waals surface area contributed by atoms with Crippen LogP contribution in [-0.2, 0) is 28.7 Å². The van der Waals surface area contributed by atoms with Crippen molar-refractivity contribution in [1.29, 1.82) is 0 Å². The van der Waals surface area contributed by atoms with E-state index >= 15 is 0 Å². The van der Waals surface area contributed by atoms with E-state index < -0.39 is 21.6 Å². The van der Waals surface area contributed by atoms with Gasteiger partial charge in [0, 0.05) is 42.4 Å². The Balaban J connectivity index is 2.17. The van der Waals surface area contributed by atoms with Gasteiger partial charge >= 0.3 is 11.9 Å². The van der Waals surface area contributed by atoms with E-state index in [9.17, 15) is 19.2 Å². The van der Waals surface area contributed by atoms with Gasteiger partial charge in [0.15, 0.2) is 11.6 Å². The highest BCUT2D eigenvalue weighted by Crippen LogP contribution is 2.59. The smallest absolute Gasteiger partial charge is 0.350 e. The lowest BCUT2D eigenvalue weighted by atomic mass is 9.75. The maximum atomic E-state index is 12.5. The normalized spacial score (nSPS) is 28.1. The van der Waals surface area contributed by atoms with Gasteiger partial charge in [-0.15, -0.1) is 23.5 Å². The molecule has 0 radical (unpaired) electrons. The molecule has 1 atom stereocenters. The second-order valence-corrected chi connectivity index (χ2v) is 8.84. The van der Waals surface area contributed by atoms with Crippen LogP contribution in [0.5, 0.6) is 0 Å². The minimum Gasteiger partial charge on any atom is -0.466 e. The van der Waals surface area contributed by atoms with Crippen LogP contribution < -0.4 is 0 Å². The Kier molecular flexibility index (Phi) is 4.37. The summed E-state index contributed by atoms with van der Waals surface area (Å²) in [5.41, 5.74) is -0.887. The first-order chi connectivity index (χ1) is 11.3. The molecule has 1 heterocycles. The van der Waals surface area contributed by atoms with Crippen LogP contribution in [0.3, 0.4) is 0 Å². The van der Waals surface area contributed by atoms with Crippen LogP contribution in [0.25, 0.3) is 0 Å². The maximum absolute atomic E-state index is 12.5. The third-order valence-corrected chi connectivity index (χ3v) is 7.66. The number of esters is 2. The molecule has 0 aromatic heterocycles. The van der Waals surface area contributed by atoms with E-state index in [1.165, 1.54) is 49.7 Å². The van der Waals surface area contributed by atoms with Crippen LogP contribution in [0.1, 0.15) is 19.8 Å². The van der Waals surface area contributed by atoms with Gasteiger partial charge in [-0.1, -0.05) is 0 Å². The molecule has 24 heavy (non-hydrogen) atoms. The fourth-order valence-electron chi connectivity index (χ4n) is 3.43. The predicted octanol–water partition coefficient (Wildman–Crippen LogP) is 1.44. The summed E-state index contributed by atoms with van der Waals surface area (Å²) >= 11 is 3.03. The molecule has 6 nitrogen and oxygen atoms in total. The number of ketones is 2. The zero-order valence-corrected chi connectivity index (χ0v) is 14.9. The van der Waals surface area contributed by atoms with Gasteiger partial charge in [0.05, 0.1) is 11.2 Å². The quantitative estimate of drug-likeness (QED) is 0.534. The summed E-state index contributed by atoms with van der Waals surface area (Å²) in [7, 11) is 1.22. The minimum absolute atomic E-state index is 0.118. The van der Waals surface area contributed by atoms with Crippen molar-refractivity contribution in [2.45, 2.75) is 29.4 Å². The number of methoxy groups -OCH3 is 1. The van der Waals surface area contributed by atoms with Gasteiger partial charge in [-0.3, -0.25) is 14.4 Å². The lowest BCUT2D eigenvalue weighted by molar-refractivity contribution is -0.181. The largest absolute Gasteiger partial charge is 0.466 e. The maximum Gasteiger partial charge on any atom is 0.350 e. The fraction of sp³-hybridized carbons (Fsp3) is 0.500. The first-order valence-electron chi connectivity index (χ1n) is 7.40. The Bertz CT molecular complexity index is 701. The van der Waals surface area contributed by atoms with E-state index in [1.807, 2.05) is 0 Å². The molecule has 2 aliphatic carbocycles.